The molecule has 0 bridgehead atoms. The van der Waals surface area contributed by atoms with Crippen LogP contribution in [0.2, 0.25) is 0 Å². The Bertz CT molecular complexity index is 1610. The van der Waals surface area contributed by atoms with E-state index >= 15 is 0 Å². The first kappa shape index (κ1) is 32.6. The largest absolute Gasteiger partial charge is 0.381 e. The fraction of sp³-hybridized carbons (Fsp3) is 0.515. The number of amides is 2. The van der Waals surface area contributed by atoms with E-state index in [1.807, 2.05) is 36.4 Å². The molecule has 4 aromatic rings. The molecule has 13 nitrogen and oxygen atoms in total. The summed E-state index contributed by atoms with van der Waals surface area (Å²) in [4.78, 5) is 37.2. The predicted octanol–water partition coefficient (Wildman–Crippen LogP) is 4.71. The highest BCUT2D eigenvalue weighted by molar-refractivity contribution is 7.15. The number of methoxy groups -OCH3 is 2. The van der Waals surface area contributed by atoms with Gasteiger partial charge in [-0.05, 0) is 56.4 Å². The highest BCUT2D eigenvalue weighted by Gasteiger charge is 2.32. The third-order valence-corrected chi connectivity index (χ3v) is 11.4. The van der Waals surface area contributed by atoms with Crippen molar-refractivity contribution in [2.75, 3.05) is 42.8 Å². The minimum absolute atomic E-state index is 0.157. The maximum absolute atomic E-state index is 12.8. The second-order valence-corrected chi connectivity index (χ2v) is 14.7. The molecule has 5 heterocycles. The summed E-state index contributed by atoms with van der Waals surface area (Å²) in [6, 6.07) is 11.6. The Morgan fingerprint density at radius 3 is 1.94 bits per heavy atom. The summed E-state index contributed by atoms with van der Waals surface area (Å²) in [6.07, 6.45) is 6.69. The molecule has 2 amide bonds. The average molecular weight is 690 g/mol. The number of anilines is 3. The number of hydrogen-bond acceptors (Lipinski definition) is 13. The van der Waals surface area contributed by atoms with Crippen molar-refractivity contribution in [3.63, 3.8) is 0 Å². The van der Waals surface area contributed by atoms with Gasteiger partial charge in [0.1, 0.15) is 15.8 Å². The number of carbonyl (C=O) groups excluding carboxylic acids is 2. The number of carbonyl (C=O) groups is 2. The van der Waals surface area contributed by atoms with E-state index in [4.69, 9.17) is 14.5 Å². The molecule has 3 aliphatic rings. The molecule has 15 heteroatoms. The van der Waals surface area contributed by atoms with Crippen LogP contribution in [0.15, 0.2) is 36.4 Å². The van der Waals surface area contributed by atoms with Gasteiger partial charge < -0.3 is 25.0 Å². The molecule has 252 valence electrons. The molecular weight excluding hydrogens is 651 g/mol. The van der Waals surface area contributed by atoms with Gasteiger partial charge in [-0.3, -0.25) is 14.6 Å². The van der Waals surface area contributed by atoms with Crippen LogP contribution in [-0.4, -0.2) is 81.7 Å². The second-order valence-electron chi connectivity index (χ2n) is 12.7. The fourth-order valence-corrected chi connectivity index (χ4v) is 8.35. The van der Waals surface area contributed by atoms with Crippen molar-refractivity contribution in [2.45, 2.75) is 81.3 Å². The van der Waals surface area contributed by atoms with E-state index < -0.39 is 0 Å². The van der Waals surface area contributed by atoms with Gasteiger partial charge in [0.25, 0.3) is 0 Å². The first-order valence-corrected chi connectivity index (χ1v) is 18.0. The summed E-state index contributed by atoms with van der Waals surface area (Å²) in [6.45, 7) is 1.60. The molecule has 7 rings (SSSR count). The lowest BCUT2D eigenvalue weighted by atomic mass is 9.80. The van der Waals surface area contributed by atoms with E-state index in [1.54, 1.807) is 14.2 Å². The smallest absolute Gasteiger partial charge is 0.232 e. The highest BCUT2D eigenvalue weighted by atomic mass is 32.1. The lowest BCUT2D eigenvalue weighted by Crippen LogP contribution is -2.52. The van der Waals surface area contributed by atoms with Crippen molar-refractivity contribution >= 4 is 50.6 Å². The molecule has 0 unspecified atom stereocenters. The van der Waals surface area contributed by atoms with Gasteiger partial charge in [-0.15, -0.1) is 20.4 Å². The monoisotopic (exact) mass is 689 g/mol. The molecule has 48 heavy (non-hydrogen) atoms. The molecule has 2 atom stereocenters. The fourth-order valence-electron chi connectivity index (χ4n) is 6.53. The Morgan fingerprint density at radius 1 is 0.750 bits per heavy atom. The lowest BCUT2D eigenvalue weighted by Gasteiger charge is -2.39. The Balaban J connectivity index is 0.893. The minimum atomic E-state index is -0.173. The molecule has 0 aromatic carbocycles. The van der Waals surface area contributed by atoms with Crippen LogP contribution in [0.25, 0.3) is 0 Å². The SMILES string of the molecule is COC1CC(c2cccc(CC(=O)Nc3nnc([C@H]4CCC[C@H](c5nnc(NC(=O)Cc6cccc(N7CC(OC)C7)n6)s5)C4)s3)n2)C1. The van der Waals surface area contributed by atoms with Crippen molar-refractivity contribution in [1.29, 1.82) is 0 Å². The molecule has 2 saturated carbocycles. The predicted molar refractivity (Wildman–Crippen MR) is 183 cm³/mol. The van der Waals surface area contributed by atoms with Crippen molar-refractivity contribution < 1.29 is 19.1 Å². The molecule has 4 aromatic heterocycles. The van der Waals surface area contributed by atoms with Gasteiger partial charge in [-0.2, -0.15) is 0 Å². The molecule has 0 radical (unpaired) electrons. The Morgan fingerprint density at radius 2 is 1.33 bits per heavy atom. The normalized spacial score (nSPS) is 22.5. The molecule has 2 N–H and O–H groups in total. The maximum Gasteiger partial charge on any atom is 0.232 e. The van der Waals surface area contributed by atoms with Crippen LogP contribution in [0.4, 0.5) is 16.1 Å². The van der Waals surface area contributed by atoms with Gasteiger partial charge in [0.05, 0.1) is 36.4 Å². The average Bonchev–Trinajstić information content (AvgIpc) is 3.70. The quantitative estimate of drug-likeness (QED) is 0.212. The van der Waals surface area contributed by atoms with Crippen LogP contribution >= 0.6 is 22.7 Å². The molecule has 1 aliphatic heterocycles. The number of pyridine rings is 2. The molecule has 1 saturated heterocycles. The number of ether oxygens (including phenoxy) is 2. The van der Waals surface area contributed by atoms with E-state index in [1.165, 1.54) is 22.7 Å². The highest BCUT2D eigenvalue weighted by Crippen LogP contribution is 2.43. The summed E-state index contributed by atoms with van der Waals surface area (Å²) in [5.74, 6) is 1.35. The standard InChI is InChI=1S/C33H39N9O4S2/c1-45-24-13-21(14-24)26-10-4-8-22(34-26)15-28(43)36-32-40-38-30(47-32)19-6-3-7-20(12-19)31-39-41-33(48-31)37-29(44)16-23-9-5-11-27(35-23)42-17-25(18-42)46-2/h4-5,8-11,19-21,24-25H,3,6-7,12-18H2,1-2H3,(H,36,40,43)(H,37,41,44)/t19-,20-,21?,24?/m0/s1. The summed E-state index contributed by atoms with van der Waals surface area (Å²) in [5, 5.41) is 26.1. The van der Waals surface area contributed by atoms with Gasteiger partial charge in [-0.25, -0.2) is 4.98 Å². The van der Waals surface area contributed by atoms with Crippen LogP contribution in [0, 0.1) is 0 Å². The Labute approximate surface area is 286 Å². The number of aromatic nitrogens is 6. The summed E-state index contributed by atoms with van der Waals surface area (Å²) in [7, 11) is 3.46. The van der Waals surface area contributed by atoms with E-state index in [9.17, 15) is 9.59 Å². The second kappa shape index (κ2) is 14.7. The number of nitrogens with one attached hydrogen (secondary N) is 2. The molecule has 3 fully saturated rings. The summed E-state index contributed by atoms with van der Waals surface area (Å²) in [5.41, 5.74) is 2.47. The lowest BCUT2D eigenvalue weighted by molar-refractivity contribution is -0.116. The van der Waals surface area contributed by atoms with Crippen molar-refractivity contribution in [1.82, 2.24) is 30.4 Å². The zero-order valence-corrected chi connectivity index (χ0v) is 28.6. The summed E-state index contributed by atoms with van der Waals surface area (Å²) < 4.78 is 10.7. The van der Waals surface area contributed by atoms with Crippen LogP contribution in [0.5, 0.6) is 0 Å². The molecular formula is C33H39N9O4S2. The van der Waals surface area contributed by atoms with Gasteiger partial charge in [0.15, 0.2) is 0 Å². The van der Waals surface area contributed by atoms with E-state index in [2.05, 4.69) is 40.9 Å². The van der Waals surface area contributed by atoms with E-state index in [-0.39, 0.29) is 42.6 Å². The van der Waals surface area contributed by atoms with Crippen LogP contribution in [0.3, 0.4) is 0 Å². The van der Waals surface area contributed by atoms with Gasteiger partial charge in [0, 0.05) is 50.8 Å². The van der Waals surface area contributed by atoms with Gasteiger partial charge in [0.2, 0.25) is 22.1 Å². The third-order valence-electron chi connectivity index (χ3n) is 9.40. The first-order chi connectivity index (χ1) is 23.4. The van der Waals surface area contributed by atoms with Gasteiger partial charge >= 0.3 is 0 Å². The van der Waals surface area contributed by atoms with Gasteiger partial charge in [-0.1, -0.05) is 41.2 Å². The third kappa shape index (κ3) is 7.69. The zero-order valence-electron chi connectivity index (χ0n) is 27.0. The van der Waals surface area contributed by atoms with Crippen LogP contribution in [-0.2, 0) is 31.9 Å². The number of hydrogen-bond donors (Lipinski definition) is 2. The molecule has 0 spiro atoms. The van der Waals surface area contributed by atoms with Crippen LogP contribution in [0.1, 0.15) is 83.4 Å². The Kier molecular flexibility index (Phi) is 9.98. The van der Waals surface area contributed by atoms with E-state index in [0.29, 0.717) is 28.0 Å². The maximum atomic E-state index is 12.8. The van der Waals surface area contributed by atoms with Crippen LogP contribution < -0.4 is 15.5 Å². The topological polar surface area (TPSA) is 157 Å². The number of nitrogens with zero attached hydrogens (tertiary/aromatic N) is 7. The number of rotatable bonds is 12. The zero-order chi connectivity index (χ0) is 33.0. The Hall–Kier alpha value is -3.92. The molecule has 2 aliphatic carbocycles. The summed E-state index contributed by atoms with van der Waals surface area (Å²) >= 11 is 2.85. The van der Waals surface area contributed by atoms with Crippen molar-refractivity contribution in [2.24, 2.45) is 0 Å². The first-order valence-electron chi connectivity index (χ1n) is 16.4. The van der Waals surface area contributed by atoms with Crippen molar-refractivity contribution in [3.8, 4) is 0 Å². The van der Waals surface area contributed by atoms with E-state index in [0.717, 1.165) is 78.8 Å². The minimum Gasteiger partial charge on any atom is -0.381 e. The van der Waals surface area contributed by atoms with Crippen molar-refractivity contribution in [3.05, 3.63) is 63.5 Å².